The lowest BCUT2D eigenvalue weighted by Crippen LogP contribution is -2.42. The van der Waals surface area contributed by atoms with Gasteiger partial charge in [0.15, 0.2) is 0 Å². The molecule has 4 aromatic rings. The van der Waals surface area contributed by atoms with Gasteiger partial charge in [0, 0.05) is 22.7 Å². The van der Waals surface area contributed by atoms with Crippen LogP contribution in [0.25, 0.3) is 0 Å². The number of rotatable bonds is 4. The molecule has 0 spiro atoms. The van der Waals surface area contributed by atoms with Crippen molar-refractivity contribution in [3.63, 3.8) is 0 Å². The molecule has 0 aliphatic carbocycles. The van der Waals surface area contributed by atoms with Crippen LogP contribution in [0.2, 0.25) is 5.02 Å². The third-order valence-corrected chi connectivity index (χ3v) is 6.06. The van der Waals surface area contributed by atoms with E-state index in [0.29, 0.717) is 23.0 Å². The van der Waals surface area contributed by atoms with Gasteiger partial charge in [-0.25, -0.2) is 4.68 Å². The fraction of sp³-hybridized carbons (Fsp3) is 0.125. The van der Waals surface area contributed by atoms with Crippen molar-refractivity contribution in [1.82, 2.24) is 14.8 Å². The predicted molar refractivity (Wildman–Crippen MR) is 123 cm³/mol. The first-order valence-electron chi connectivity index (χ1n) is 10.3. The number of carbonyl (C=O) groups is 1. The molecule has 2 atom stereocenters. The average Bonchev–Trinajstić information content (AvgIpc) is 3.34. The Hall–Kier alpha value is -4.04. The summed E-state index contributed by atoms with van der Waals surface area (Å²) >= 11 is 6.09. The van der Waals surface area contributed by atoms with Crippen LogP contribution in [0.5, 0.6) is 0 Å². The first-order chi connectivity index (χ1) is 16.0. The van der Waals surface area contributed by atoms with Crippen LogP contribution in [-0.4, -0.2) is 25.6 Å². The number of carbonyl (C=O) groups excluding carboxylic acids is 1. The van der Waals surface area contributed by atoms with Gasteiger partial charge >= 0.3 is 0 Å². The topological polar surface area (TPSA) is 94.2 Å². The highest BCUT2D eigenvalue weighted by atomic mass is 35.5. The van der Waals surface area contributed by atoms with Crippen LogP contribution in [0, 0.1) is 10.1 Å². The molecule has 0 saturated carbocycles. The van der Waals surface area contributed by atoms with Crippen molar-refractivity contribution in [2.45, 2.75) is 18.5 Å². The number of nitrogens with zero attached hydrogens (tertiary/aromatic N) is 5. The van der Waals surface area contributed by atoms with Gasteiger partial charge in [-0.1, -0.05) is 54.1 Å². The normalized spacial score (nSPS) is 17.4. The molecule has 3 aromatic carbocycles. The van der Waals surface area contributed by atoms with Crippen molar-refractivity contribution >= 4 is 29.1 Å². The number of anilines is 1. The fourth-order valence-electron chi connectivity index (χ4n) is 4.21. The van der Waals surface area contributed by atoms with E-state index >= 15 is 0 Å². The maximum atomic E-state index is 13.7. The van der Waals surface area contributed by atoms with Gasteiger partial charge < -0.3 is 0 Å². The lowest BCUT2D eigenvalue weighted by molar-refractivity contribution is -0.384. The number of halogens is 1. The summed E-state index contributed by atoms with van der Waals surface area (Å²) < 4.78 is 1.74. The second kappa shape index (κ2) is 8.48. The standard InChI is InChI=1S/C24H18ClN5O3/c25-19-10-6-17(7-11-19)22-14-21(16-4-2-1-3-5-16)28(24-26-15-27-29(22)24)23(31)18-8-12-20(13-9-18)30(32)33/h1-13,15,21-22H,14H2/t21-,22+/m0/s1. The highest BCUT2D eigenvalue weighted by molar-refractivity contribution is 6.30. The Morgan fingerprint density at radius 3 is 2.27 bits per heavy atom. The minimum absolute atomic E-state index is 0.0734. The highest BCUT2D eigenvalue weighted by Crippen LogP contribution is 2.42. The van der Waals surface area contributed by atoms with E-state index in [4.69, 9.17) is 11.6 Å². The van der Waals surface area contributed by atoms with E-state index in [-0.39, 0.29) is 23.7 Å². The number of hydrogen-bond acceptors (Lipinski definition) is 5. The number of hydrogen-bond donors (Lipinski definition) is 0. The molecule has 0 saturated heterocycles. The molecule has 0 radical (unpaired) electrons. The monoisotopic (exact) mass is 459 g/mol. The van der Waals surface area contributed by atoms with Gasteiger partial charge in [0.25, 0.3) is 11.6 Å². The van der Waals surface area contributed by atoms with Crippen LogP contribution in [0.3, 0.4) is 0 Å². The van der Waals surface area contributed by atoms with Gasteiger partial charge in [0.05, 0.1) is 17.0 Å². The van der Waals surface area contributed by atoms with Crippen molar-refractivity contribution < 1.29 is 9.72 Å². The molecule has 1 amide bonds. The molecular formula is C24H18ClN5O3. The molecule has 164 valence electrons. The van der Waals surface area contributed by atoms with Crippen molar-refractivity contribution in [3.05, 3.63) is 117 Å². The third-order valence-electron chi connectivity index (χ3n) is 5.81. The second-order valence-electron chi connectivity index (χ2n) is 7.71. The Morgan fingerprint density at radius 2 is 1.61 bits per heavy atom. The number of nitro benzene ring substituents is 1. The molecule has 9 heteroatoms. The molecule has 2 heterocycles. The van der Waals surface area contributed by atoms with Crippen LogP contribution >= 0.6 is 11.6 Å². The lowest BCUT2D eigenvalue weighted by atomic mass is 9.91. The van der Waals surface area contributed by atoms with E-state index in [9.17, 15) is 14.9 Å². The van der Waals surface area contributed by atoms with Crippen molar-refractivity contribution in [3.8, 4) is 0 Å². The van der Waals surface area contributed by atoms with E-state index in [1.165, 1.54) is 30.6 Å². The van der Waals surface area contributed by atoms with Crippen LogP contribution < -0.4 is 4.90 Å². The Labute approximate surface area is 194 Å². The highest BCUT2D eigenvalue weighted by Gasteiger charge is 2.39. The smallest absolute Gasteiger partial charge is 0.269 e. The van der Waals surface area contributed by atoms with Gasteiger partial charge in [0.1, 0.15) is 6.33 Å². The number of fused-ring (bicyclic) bond motifs is 1. The first-order valence-corrected chi connectivity index (χ1v) is 10.7. The SMILES string of the molecule is O=C(c1ccc([N+](=O)[O-])cc1)N1c2ncnn2[C@@H](c2ccc(Cl)cc2)C[C@H]1c1ccccc1. The zero-order valence-electron chi connectivity index (χ0n) is 17.3. The summed E-state index contributed by atoms with van der Waals surface area (Å²) in [6, 6.07) is 22.4. The summed E-state index contributed by atoms with van der Waals surface area (Å²) in [4.78, 5) is 30.2. The molecule has 1 aliphatic rings. The van der Waals surface area contributed by atoms with Gasteiger partial charge in [-0.2, -0.15) is 10.1 Å². The molecule has 0 N–H and O–H groups in total. The summed E-state index contributed by atoms with van der Waals surface area (Å²) in [6.07, 6.45) is 2.00. The lowest BCUT2D eigenvalue weighted by Gasteiger charge is -2.39. The zero-order chi connectivity index (χ0) is 22.9. The maximum absolute atomic E-state index is 13.7. The summed E-state index contributed by atoms with van der Waals surface area (Å²) in [5.74, 6) is 0.112. The van der Waals surface area contributed by atoms with Crippen LogP contribution in [0.15, 0.2) is 85.2 Å². The Balaban J connectivity index is 1.61. The summed E-state index contributed by atoms with van der Waals surface area (Å²) in [6.45, 7) is 0. The third kappa shape index (κ3) is 3.85. The van der Waals surface area contributed by atoms with Gasteiger partial charge in [-0.15, -0.1) is 0 Å². The summed E-state index contributed by atoms with van der Waals surface area (Å²) in [7, 11) is 0. The largest absolute Gasteiger partial charge is 0.269 e. The molecule has 0 bridgehead atoms. The molecule has 33 heavy (non-hydrogen) atoms. The number of benzene rings is 3. The van der Waals surface area contributed by atoms with Crippen LogP contribution in [-0.2, 0) is 0 Å². The average molecular weight is 460 g/mol. The van der Waals surface area contributed by atoms with Crippen molar-refractivity contribution in [2.24, 2.45) is 0 Å². The Bertz CT molecular complexity index is 1310. The summed E-state index contributed by atoms with van der Waals surface area (Å²) in [5.41, 5.74) is 2.23. The number of non-ortho nitro benzene ring substituents is 1. The first kappa shape index (κ1) is 20.8. The van der Waals surface area contributed by atoms with Gasteiger partial charge in [-0.3, -0.25) is 19.8 Å². The molecular weight excluding hydrogens is 442 g/mol. The van der Waals surface area contributed by atoms with Crippen LogP contribution in [0.4, 0.5) is 11.6 Å². The number of nitro groups is 1. The molecule has 0 unspecified atom stereocenters. The van der Waals surface area contributed by atoms with E-state index in [2.05, 4.69) is 10.1 Å². The zero-order valence-corrected chi connectivity index (χ0v) is 18.0. The van der Waals surface area contributed by atoms with E-state index in [0.717, 1.165) is 11.1 Å². The van der Waals surface area contributed by atoms with E-state index < -0.39 is 4.92 Å². The predicted octanol–water partition coefficient (Wildman–Crippen LogP) is 5.22. The molecule has 5 rings (SSSR count). The Kier molecular flexibility index (Phi) is 5.35. The maximum Gasteiger partial charge on any atom is 0.269 e. The van der Waals surface area contributed by atoms with Crippen molar-refractivity contribution in [1.29, 1.82) is 0 Å². The number of aromatic nitrogens is 3. The summed E-state index contributed by atoms with van der Waals surface area (Å²) in [5, 5.41) is 16.1. The minimum atomic E-state index is -0.491. The van der Waals surface area contributed by atoms with E-state index in [1.54, 1.807) is 9.58 Å². The van der Waals surface area contributed by atoms with Gasteiger partial charge in [0.2, 0.25) is 5.95 Å². The van der Waals surface area contributed by atoms with Crippen LogP contribution in [0.1, 0.15) is 40.0 Å². The number of amides is 1. The van der Waals surface area contributed by atoms with E-state index in [1.807, 2.05) is 54.6 Å². The molecule has 1 aromatic heterocycles. The molecule has 1 aliphatic heterocycles. The van der Waals surface area contributed by atoms with Gasteiger partial charge in [-0.05, 0) is 41.8 Å². The fourth-order valence-corrected chi connectivity index (χ4v) is 4.34. The molecule has 0 fully saturated rings. The second-order valence-corrected chi connectivity index (χ2v) is 8.15. The quantitative estimate of drug-likeness (QED) is 0.308. The minimum Gasteiger partial charge on any atom is -0.269 e. The molecule has 8 nitrogen and oxygen atoms in total. The Morgan fingerprint density at radius 1 is 0.939 bits per heavy atom. The van der Waals surface area contributed by atoms with Crippen molar-refractivity contribution in [2.75, 3.05) is 4.90 Å².